The number of nitrogens with zero attached hydrogens (tertiary/aromatic N) is 1. The second kappa shape index (κ2) is 8.25. The van der Waals surface area contributed by atoms with E-state index in [4.69, 9.17) is 10.5 Å². The molecule has 4 heteroatoms. The molecular weight excluding hydrogens is 288 g/mol. The number of benzene rings is 1. The number of carbonyl (C=O) groups is 1. The standard InChI is InChI=1S/C19H22N2O2/c1-3-23-19(22)14(2)11-15-6-8-16(9-7-15)12-18(20)17-5-4-10-21-13-17/h4-11,13,18H,3,12,20H2,1-2H3. The van der Waals surface area contributed by atoms with Gasteiger partial charge in [0.1, 0.15) is 0 Å². The van der Waals surface area contributed by atoms with Crippen LogP contribution >= 0.6 is 0 Å². The summed E-state index contributed by atoms with van der Waals surface area (Å²) in [6.07, 6.45) is 6.10. The summed E-state index contributed by atoms with van der Waals surface area (Å²) in [7, 11) is 0. The molecular formula is C19H22N2O2. The van der Waals surface area contributed by atoms with E-state index in [-0.39, 0.29) is 12.0 Å². The monoisotopic (exact) mass is 310 g/mol. The zero-order valence-corrected chi connectivity index (χ0v) is 13.5. The molecule has 0 saturated heterocycles. The zero-order valence-electron chi connectivity index (χ0n) is 13.5. The minimum absolute atomic E-state index is 0.0774. The number of carbonyl (C=O) groups excluding carboxylic acids is 1. The third-order valence-corrected chi connectivity index (χ3v) is 3.53. The molecule has 4 nitrogen and oxygen atoms in total. The Morgan fingerprint density at radius 3 is 2.65 bits per heavy atom. The molecule has 2 N–H and O–H groups in total. The predicted molar refractivity (Wildman–Crippen MR) is 91.6 cm³/mol. The van der Waals surface area contributed by atoms with Crippen LogP contribution < -0.4 is 5.73 Å². The number of ether oxygens (including phenoxy) is 1. The summed E-state index contributed by atoms with van der Waals surface area (Å²) in [5.74, 6) is -0.282. The first-order chi connectivity index (χ1) is 11.1. The summed E-state index contributed by atoms with van der Waals surface area (Å²) in [6, 6.07) is 11.8. The first-order valence-electron chi connectivity index (χ1n) is 7.70. The fraction of sp³-hybridized carbons (Fsp3) is 0.263. The molecule has 0 aliphatic rings. The Balaban J connectivity index is 2.02. The normalized spacial score (nSPS) is 12.7. The van der Waals surface area contributed by atoms with Crippen molar-refractivity contribution in [2.75, 3.05) is 6.61 Å². The van der Waals surface area contributed by atoms with Gasteiger partial charge in [-0.2, -0.15) is 0 Å². The van der Waals surface area contributed by atoms with E-state index in [0.29, 0.717) is 12.2 Å². The van der Waals surface area contributed by atoms with Gasteiger partial charge in [-0.1, -0.05) is 30.3 Å². The molecule has 1 heterocycles. The number of nitrogens with two attached hydrogens (primary N) is 1. The fourth-order valence-electron chi connectivity index (χ4n) is 2.27. The van der Waals surface area contributed by atoms with Crippen molar-refractivity contribution in [3.63, 3.8) is 0 Å². The number of hydrogen-bond donors (Lipinski definition) is 1. The Bertz CT molecular complexity index is 664. The molecule has 23 heavy (non-hydrogen) atoms. The molecule has 0 fully saturated rings. The SMILES string of the molecule is CCOC(=O)C(C)=Cc1ccc(CC(N)c2cccnc2)cc1. The highest BCUT2D eigenvalue weighted by molar-refractivity contribution is 5.92. The molecule has 0 aliphatic heterocycles. The number of pyridine rings is 1. The summed E-state index contributed by atoms with van der Waals surface area (Å²) >= 11 is 0. The first-order valence-corrected chi connectivity index (χ1v) is 7.70. The molecule has 0 aliphatic carbocycles. The molecule has 2 aromatic rings. The van der Waals surface area contributed by atoms with Crippen molar-refractivity contribution in [2.24, 2.45) is 5.73 Å². The molecule has 120 valence electrons. The fourth-order valence-corrected chi connectivity index (χ4v) is 2.27. The van der Waals surface area contributed by atoms with Crippen LogP contribution in [0.3, 0.4) is 0 Å². The molecule has 0 saturated carbocycles. The van der Waals surface area contributed by atoms with Crippen molar-refractivity contribution in [1.82, 2.24) is 4.98 Å². The Hall–Kier alpha value is -2.46. The van der Waals surface area contributed by atoms with Crippen molar-refractivity contribution in [3.8, 4) is 0 Å². The lowest BCUT2D eigenvalue weighted by Gasteiger charge is -2.11. The number of hydrogen-bond acceptors (Lipinski definition) is 4. The van der Waals surface area contributed by atoms with Gasteiger partial charge in [-0.15, -0.1) is 0 Å². The third kappa shape index (κ3) is 5.04. The van der Waals surface area contributed by atoms with Gasteiger partial charge < -0.3 is 10.5 Å². The topological polar surface area (TPSA) is 65.2 Å². The zero-order chi connectivity index (χ0) is 16.7. The minimum Gasteiger partial charge on any atom is -0.463 e. The van der Waals surface area contributed by atoms with Gasteiger partial charge in [0.25, 0.3) is 0 Å². The Kier molecular flexibility index (Phi) is 6.06. The maximum absolute atomic E-state index is 11.6. The van der Waals surface area contributed by atoms with Crippen molar-refractivity contribution < 1.29 is 9.53 Å². The second-order valence-electron chi connectivity index (χ2n) is 5.39. The molecule has 1 aromatic carbocycles. The summed E-state index contributed by atoms with van der Waals surface area (Å²) < 4.78 is 4.97. The van der Waals surface area contributed by atoms with E-state index in [1.165, 1.54) is 0 Å². The number of aromatic nitrogens is 1. The largest absolute Gasteiger partial charge is 0.463 e. The molecule has 1 atom stereocenters. The van der Waals surface area contributed by atoms with Crippen molar-refractivity contribution >= 4 is 12.0 Å². The van der Waals surface area contributed by atoms with Crippen LogP contribution in [0.15, 0.2) is 54.4 Å². The van der Waals surface area contributed by atoms with Crippen LogP contribution in [0, 0.1) is 0 Å². The van der Waals surface area contributed by atoms with Gasteiger partial charge in [0, 0.05) is 24.0 Å². The molecule has 0 spiro atoms. The highest BCUT2D eigenvalue weighted by Gasteiger charge is 2.07. The Morgan fingerprint density at radius 1 is 1.30 bits per heavy atom. The van der Waals surface area contributed by atoms with E-state index in [1.807, 2.05) is 42.5 Å². The van der Waals surface area contributed by atoms with Gasteiger partial charge in [0.2, 0.25) is 0 Å². The number of rotatable bonds is 6. The average Bonchev–Trinajstić information content (AvgIpc) is 2.57. The maximum Gasteiger partial charge on any atom is 0.333 e. The van der Waals surface area contributed by atoms with E-state index in [0.717, 1.165) is 23.1 Å². The van der Waals surface area contributed by atoms with E-state index < -0.39 is 0 Å². The highest BCUT2D eigenvalue weighted by Crippen LogP contribution is 2.16. The maximum atomic E-state index is 11.6. The lowest BCUT2D eigenvalue weighted by molar-refractivity contribution is -0.138. The van der Waals surface area contributed by atoms with Crippen molar-refractivity contribution in [3.05, 3.63) is 71.1 Å². The Labute approximate surface area is 137 Å². The summed E-state index contributed by atoms with van der Waals surface area (Å²) in [5, 5.41) is 0. The van der Waals surface area contributed by atoms with Crippen molar-refractivity contribution in [2.45, 2.75) is 26.3 Å². The van der Waals surface area contributed by atoms with Crippen molar-refractivity contribution in [1.29, 1.82) is 0 Å². The van der Waals surface area contributed by atoms with Gasteiger partial charge in [-0.25, -0.2) is 4.79 Å². The van der Waals surface area contributed by atoms with Crippen LogP contribution in [0.2, 0.25) is 0 Å². The van der Waals surface area contributed by atoms with Crippen LogP contribution in [0.1, 0.15) is 36.6 Å². The quantitative estimate of drug-likeness (QED) is 0.657. The van der Waals surface area contributed by atoms with Crippen LogP contribution in [-0.4, -0.2) is 17.6 Å². The third-order valence-electron chi connectivity index (χ3n) is 3.53. The van der Waals surface area contributed by atoms with E-state index >= 15 is 0 Å². The van der Waals surface area contributed by atoms with Gasteiger partial charge in [0.15, 0.2) is 0 Å². The summed E-state index contributed by atoms with van der Waals surface area (Å²) in [4.78, 5) is 15.7. The first kappa shape index (κ1) is 16.9. The minimum atomic E-state index is -0.282. The predicted octanol–water partition coefficient (Wildman–Crippen LogP) is 3.29. The van der Waals surface area contributed by atoms with Crippen LogP contribution in [-0.2, 0) is 16.0 Å². The van der Waals surface area contributed by atoms with Crippen LogP contribution in [0.25, 0.3) is 6.08 Å². The van der Waals surface area contributed by atoms with Crippen LogP contribution in [0.5, 0.6) is 0 Å². The second-order valence-corrected chi connectivity index (χ2v) is 5.39. The molecule has 0 amide bonds. The highest BCUT2D eigenvalue weighted by atomic mass is 16.5. The molecule has 0 radical (unpaired) electrons. The lowest BCUT2D eigenvalue weighted by Crippen LogP contribution is -2.13. The molecule has 2 rings (SSSR count). The molecule has 1 aromatic heterocycles. The number of esters is 1. The summed E-state index contributed by atoms with van der Waals surface area (Å²) in [5.41, 5.74) is 9.93. The summed E-state index contributed by atoms with van der Waals surface area (Å²) in [6.45, 7) is 3.94. The van der Waals surface area contributed by atoms with E-state index in [2.05, 4.69) is 4.98 Å². The Morgan fingerprint density at radius 2 is 2.04 bits per heavy atom. The van der Waals surface area contributed by atoms with Gasteiger partial charge in [-0.05, 0) is 49.1 Å². The molecule has 1 unspecified atom stereocenters. The van der Waals surface area contributed by atoms with E-state index in [9.17, 15) is 4.79 Å². The van der Waals surface area contributed by atoms with Gasteiger partial charge >= 0.3 is 5.97 Å². The van der Waals surface area contributed by atoms with Gasteiger partial charge in [-0.3, -0.25) is 4.98 Å². The average molecular weight is 310 g/mol. The van der Waals surface area contributed by atoms with Gasteiger partial charge in [0.05, 0.1) is 6.61 Å². The van der Waals surface area contributed by atoms with E-state index in [1.54, 1.807) is 26.2 Å². The molecule has 0 bridgehead atoms. The van der Waals surface area contributed by atoms with Crippen LogP contribution in [0.4, 0.5) is 0 Å². The smallest absolute Gasteiger partial charge is 0.333 e. The lowest BCUT2D eigenvalue weighted by atomic mass is 10.00.